The van der Waals surface area contributed by atoms with Crippen LogP contribution in [0.2, 0.25) is 0 Å². The van der Waals surface area contributed by atoms with Crippen LogP contribution in [-0.2, 0) is 9.53 Å². The maximum absolute atomic E-state index is 13.2. The number of benzene rings is 2. The molecule has 35 heavy (non-hydrogen) atoms. The summed E-state index contributed by atoms with van der Waals surface area (Å²) in [6, 6.07) is 18.8. The fourth-order valence-electron chi connectivity index (χ4n) is 5.67. The maximum Gasteiger partial charge on any atom is 0.236 e. The predicted molar refractivity (Wildman–Crippen MR) is 136 cm³/mol. The minimum Gasteiger partial charge on any atom is -0.395 e. The molecule has 3 fully saturated rings. The maximum atomic E-state index is 13.2. The van der Waals surface area contributed by atoms with Gasteiger partial charge in [0.15, 0.2) is 0 Å². The van der Waals surface area contributed by atoms with Crippen molar-refractivity contribution in [1.29, 1.82) is 0 Å². The van der Waals surface area contributed by atoms with Gasteiger partial charge >= 0.3 is 0 Å². The Bertz CT molecular complexity index is 1040. The number of hydrogen-bond acceptors (Lipinski definition) is 5. The molecule has 0 aliphatic carbocycles. The zero-order valence-electron chi connectivity index (χ0n) is 20.3. The average Bonchev–Trinajstić information content (AvgIpc) is 2.88. The number of aliphatic hydroxyl groups excluding tert-OH is 1. The van der Waals surface area contributed by atoms with Crippen LogP contribution in [0.25, 0.3) is 0 Å². The highest BCUT2D eigenvalue weighted by molar-refractivity contribution is 5.78. The van der Waals surface area contributed by atoms with E-state index in [0.717, 1.165) is 56.7 Å². The normalized spacial score (nSPS) is 25.4. The van der Waals surface area contributed by atoms with Gasteiger partial charge in [-0.25, -0.2) is 0 Å². The molecule has 3 aliphatic rings. The summed E-state index contributed by atoms with van der Waals surface area (Å²) in [5.41, 5.74) is 3.20. The van der Waals surface area contributed by atoms with Crippen molar-refractivity contribution in [2.24, 2.45) is 0 Å². The number of carbonyl (C=O) groups is 1. The molecule has 3 heterocycles. The van der Waals surface area contributed by atoms with E-state index in [1.54, 1.807) is 0 Å². The number of carbonyl (C=O) groups excluding carboxylic acids is 1. The lowest BCUT2D eigenvalue weighted by Gasteiger charge is -2.57. The van der Waals surface area contributed by atoms with Crippen LogP contribution in [0, 0.1) is 11.8 Å². The molecule has 3 atom stereocenters. The Morgan fingerprint density at radius 1 is 0.914 bits per heavy atom. The van der Waals surface area contributed by atoms with Gasteiger partial charge < -0.3 is 14.7 Å². The van der Waals surface area contributed by atoms with Gasteiger partial charge in [-0.15, -0.1) is 0 Å². The molecular formula is C29H35N3O3. The first-order valence-electron chi connectivity index (χ1n) is 12.8. The van der Waals surface area contributed by atoms with Crippen LogP contribution in [-0.4, -0.2) is 96.9 Å². The largest absolute Gasteiger partial charge is 0.395 e. The third-order valence-electron chi connectivity index (χ3n) is 7.61. The Labute approximate surface area is 208 Å². The van der Waals surface area contributed by atoms with Crippen LogP contribution >= 0.6 is 0 Å². The van der Waals surface area contributed by atoms with Crippen molar-refractivity contribution < 1.29 is 14.6 Å². The van der Waals surface area contributed by atoms with Crippen molar-refractivity contribution in [1.82, 2.24) is 14.7 Å². The third-order valence-corrected chi connectivity index (χ3v) is 7.61. The monoisotopic (exact) mass is 473 g/mol. The summed E-state index contributed by atoms with van der Waals surface area (Å²) in [5.74, 6) is 6.89. The highest BCUT2D eigenvalue weighted by Crippen LogP contribution is 2.42. The highest BCUT2D eigenvalue weighted by Gasteiger charge is 2.49. The number of aliphatic hydroxyl groups is 1. The van der Waals surface area contributed by atoms with Gasteiger partial charge in [-0.3, -0.25) is 14.6 Å². The number of amides is 1. The van der Waals surface area contributed by atoms with Gasteiger partial charge in [-0.05, 0) is 49.2 Å². The number of rotatable bonds is 4. The summed E-state index contributed by atoms with van der Waals surface area (Å²) in [6.07, 6.45) is 2.06. The van der Waals surface area contributed by atoms with Crippen molar-refractivity contribution in [3.8, 4) is 11.8 Å². The second kappa shape index (κ2) is 11.4. The Morgan fingerprint density at radius 2 is 1.60 bits per heavy atom. The minimum absolute atomic E-state index is 0.107. The van der Waals surface area contributed by atoms with Crippen LogP contribution in [0.3, 0.4) is 0 Å². The average molecular weight is 474 g/mol. The van der Waals surface area contributed by atoms with Crippen molar-refractivity contribution in [3.05, 3.63) is 71.3 Å². The molecule has 0 aromatic heterocycles. The minimum atomic E-state index is 0.107. The molecule has 6 heteroatoms. The van der Waals surface area contributed by atoms with Crippen molar-refractivity contribution in [2.75, 3.05) is 59.1 Å². The Morgan fingerprint density at radius 3 is 2.31 bits per heavy atom. The lowest BCUT2D eigenvalue weighted by molar-refractivity contribution is -0.138. The van der Waals surface area contributed by atoms with Gasteiger partial charge in [0.05, 0.1) is 26.4 Å². The second-order valence-electron chi connectivity index (χ2n) is 9.75. The molecule has 0 radical (unpaired) electrons. The van der Waals surface area contributed by atoms with Crippen LogP contribution in [0.1, 0.15) is 35.4 Å². The standard InChI is InChI=1S/C29H35N3O3/c33-22-27-29(25-12-10-24(11-13-25)9-8-23-6-2-1-3-7-23)26-20-31(14-4-5-15-32(26)27)28(34)21-30-16-18-35-19-17-30/h1-3,6-7,10-13,26-27,29,33H,4-5,14-22H2/t26-,27+,29+/m1/s1. The zero-order chi connectivity index (χ0) is 24.0. The fourth-order valence-corrected chi connectivity index (χ4v) is 5.67. The van der Waals surface area contributed by atoms with E-state index in [1.165, 1.54) is 5.56 Å². The topological polar surface area (TPSA) is 56.2 Å². The number of morpholine rings is 1. The van der Waals surface area contributed by atoms with Gasteiger partial charge in [0.1, 0.15) is 0 Å². The van der Waals surface area contributed by atoms with Gasteiger partial charge in [-0.2, -0.15) is 0 Å². The molecule has 0 unspecified atom stereocenters. The molecular weight excluding hydrogens is 438 g/mol. The smallest absolute Gasteiger partial charge is 0.236 e. The van der Waals surface area contributed by atoms with E-state index in [9.17, 15) is 9.90 Å². The number of hydrogen-bond donors (Lipinski definition) is 1. The van der Waals surface area contributed by atoms with Crippen LogP contribution < -0.4 is 0 Å². The van der Waals surface area contributed by atoms with Crippen LogP contribution in [0.15, 0.2) is 54.6 Å². The Balaban J connectivity index is 1.29. The summed E-state index contributed by atoms with van der Waals surface area (Å²) in [6.45, 7) is 6.19. The molecule has 3 aliphatic heterocycles. The first-order chi connectivity index (χ1) is 17.2. The number of nitrogens with zero attached hydrogens (tertiary/aromatic N) is 3. The van der Waals surface area contributed by atoms with E-state index in [0.29, 0.717) is 19.8 Å². The van der Waals surface area contributed by atoms with Crippen molar-refractivity contribution in [3.63, 3.8) is 0 Å². The van der Waals surface area contributed by atoms with E-state index in [4.69, 9.17) is 4.74 Å². The van der Waals surface area contributed by atoms with E-state index in [1.807, 2.05) is 30.3 Å². The predicted octanol–water partition coefficient (Wildman–Crippen LogP) is 2.17. The molecule has 0 spiro atoms. The summed E-state index contributed by atoms with van der Waals surface area (Å²) < 4.78 is 5.43. The van der Waals surface area contributed by atoms with Crippen molar-refractivity contribution in [2.45, 2.75) is 30.8 Å². The van der Waals surface area contributed by atoms with Crippen molar-refractivity contribution >= 4 is 5.91 Å². The lowest BCUT2D eigenvalue weighted by Crippen LogP contribution is -2.68. The van der Waals surface area contributed by atoms with Gasteiger partial charge in [0.25, 0.3) is 0 Å². The second-order valence-corrected chi connectivity index (χ2v) is 9.75. The zero-order valence-corrected chi connectivity index (χ0v) is 20.3. The SMILES string of the molecule is O=C(CN1CCOCC1)N1CCCCN2[C@H](C1)[C@H](c1ccc(C#Cc3ccccc3)cc1)[C@@H]2CO. The van der Waals surface area contributed by atoms with E-state index >= 15 is 0 Å². The van der Waals surface area contributed by atoms with Gasteiger partial charge in [-0.1, -0.05) is 42.2 Å². The fraction of sp³-hybridized carbons (Fsp3) is 0.483. The van der Waals surface area contributed by atoms with Crippen LogP contribution in [0.4, 0.5) is 0 Å². The number of fused-ring (bicyclic) bond motifs is 1. The first kappa shape index (κ1) is 24.0. The molecule has 0 saturated carbocycles. The molecule has 1 amide bonds. The van der Waals surface area contributed by atoms with Gasteiger partial charge in [0.2, 0.25) is 5.91 Å². The molecule has 6 nitrogen and oxygen atoms in total. The lowest BCUT2D eigenvalue weighted by atomic mass is 9.74. The Kier molecular flexibility index (Phi) is 7.80. The summed E-state index contributed by atoms with van der Waals surface area (Å²) in [7, 11) is 0. The Hall–Kier alpha value is -2.69. The molecule has 1 N–H and O–H groups in total. The van der Waals surface area contributed by atoms with Gasteiger partial charge in [0, 0.05) is 55.3 Å². The summed E-state index contributed by atoms with van der Waals surface area (Å²) >= 11 is 0. The third kappa shape index (κ3) is 5.60. The van der Waals surface area contributed by atoms with Crippen LogP contribution in [0.5, 0.6) is 0 Å². The molecule has 184 valence electrons. The van der Waals surface area contributed by atoms with E-state index in [2.05, 4.69) is 50.8 Å². The quantitative estimate of drug-likeness (QED) is 0.690. The molecule has 2 aromatic carbocycles. The molecule has 2 aromatic rings. The molecule has 3 saturated heterocycles. The van der Waals surface area contributed by atoms with E-state index < -0.39 is 0 Å². The summed E-state index contributed by atoms with van der Waals surface area (Å²) in [4.78, 5) is 19.9. The number of ether oxygens (including phenoxy) is 1. The molecule has 5 rings (SSSR count). The summed E-state index contributed by atoms with van der Waals surface area (Å²) in [5, 5.41) is 10.2. The first-order valence-corrected chi connectivity index (χ1v) is 12.8. The molecule has 0 bridgehead atoms. The highest BCUT2D eigenvalue weighted by atomic mass is 16.5. The van der Waals surface area contributed by atoms with E-state index in [-0.39, 0.29) is 30.5 Å².